The van der Waals surface area contributed by atoms with Crippen molar-refractivity contribution in [2.24, 2.45) is 0 Å². The van der Waals surface area contributed by atoms with Crippen molar-refractivity contribution in [2.75, 3.05) is 11.1 Å². The van der Waals surface area contributed by atoms with Crippen molar-refractivity contribution in [2.45, 2.75) is 18.5 Å². The molecule has 152 valence electrons. The first kappa shape index (κ1) is 20.3. The van der Waals surface area contributed by atoms with Crippen molar-refractivity contribution >= 4 is 44.9 Å². The molecule has 0 spiro atoms. The van der Waals surface area contributed by atoms with Gasteiger partial charge in [-0.15, -0.1) is 11.3 Å². The summed E-state index contributed by atoms with van der Waals surface area (Å²) in [7, 11) is 0. The van der Waals surface area contributed by atoms with Crippen molar-refractivity contribution in [1.82, 2.24) is 9.55 Å². The van der Waals surface area contributed by atoms with Gasteiger partial charge in [0, 0.05) is 4.88 Å². The van der Waals surface area contributed by atoms with Crippen LogP contribution in [-0.2, 0) is 11.2 Å². The number of aromatic nitrogens is 2. The minimum atomic E-state index is -0.498. The Labute approximate surface area is 180 Å². The molecule has 2 aromatic heterocycles. The van der Waals surface area contributed by atoms with Gasteiger partial charge in [0.25, 0.3) is 5.56 Å². The Balaban J connectivity index is 1.68. The average Bonchev–Trinajstić information content (AvgIpc) is 3.18. The third-order valence-corrected chi connectivity index (χ3v) is 6.54. The lowest BCUT2D eigenvalue weighted by Crippen LogP contribution is -2.22. The highest BCUT2D eigenvalue weighted by molar-refractivity contribution is 7.99. The van der Waals surface area contributed by atoms with Gasteiger partial charge >= 0.3 is 0 Å². The summed E-state index contributed by atoms with van der Waals surface area (Å²) in [6, 6.07) is 17.1. The van der Waals surface area contributed by atoms with Crippen LogP contribution >= 0.6 is 23.1 Å². The zero-order valence-corrected chi connectivity index (χ0v) is 17.7. The molecule has 2 aromatic carbocycles. The predicted molar refractivity (Wildman–Crippen MR) is 120 cm³/mol. The molecule has 0 fully saturated rings. The van der Waals surface area contributed by atoms with Crippen molar-refractivity contribution in [3.63, 3.8) is 0 Å². The summed E-state index contributed by atoms with van der Waals surface area (Å²) in [6.45, 7) is 2.03. The molecule has 4 rings (SSSR count). The monoisotopic (exact) mass is 439 g/mol. The number of anilines is 1. The van der Waals surface area contributed by atoms with Gasteiger partial charge in [-0.3, -0.25) is 14.2 Å². The molecular formula is C22H18FN3O2S2. The number of nitrogens with zero attached hydrogens (tertiary/aromatic N) is 2. The molecule has 1 amide bonds. The largest absolute Gasteiger partial charge is 0.323 e. The number of rotatable bonds is 6. The number of halogens is 1. The van der Waals surface area contributed by atoms with Crippen LogP contribution in [0.4, 0.5) is 10.1 Å². The maximum Gasteiger partial charge on any atom is 0.267 e. The number of para-hydroxylation sites is 2. The smallest absolute Gasteiger partial charge is 0.267 e. The molecule has 0 saturated carbocycles. The Hall–Kier alpha value is -2.97. The molecule has 0 unspecified atom stereocenters. The van der Waals surface area contributed by atoms with Gasteiger partial charge in [0.2, 0.25) is 5.91 Å². The van der Waals surface area contributed by atoms with E-state index in [1.165, 1.54) is 28.0 Å². The van der Waals surface area contributed by atoms with Crippen molar-refractivity contribution in [3.05, 3.63) is 81.7 Å². The molecule has 4 aromatic rings. The minimum Gasteiger partial charge on any atom is -0.323 e. The van der Waals surface area contributed by atoms with Crippen LogP contribution in [-0.4, -0.2) is 21.2 Å². The summed E-state index contributed by atoms with van der Waals surface area (Å²) in [5.41, 5.74) is 0.634. The number of thiophene rings is 1. The molecule has 0 saturated heterocycles. The van der Waals surface area contributed by atoms with Gasteiger partial charge in [0.05, 0.1) is 22.5 Å². The Morgan fingerprint density at radius 1 is 1.17 bits per heavy atom. The molecule has 8 heteroatoms. The van der Waals surface area contributed by atoms with E-state index < -0.39 is 5.82 Å². The van der Waals surface area contributed by atoms with E-state index in [1.807, 2.05) is 43.3 Å². The third-order valence-electron chi connectivity index (χ3n) is 4.43. The van der Waals surface area contributed by atoms with E-state index in [2.05, 4.69) is 10.3 Å². The maximum atomic E-state index is 13.8. The fraction of sp³-hybridized carbons (Fsp3) is 0.136. The number of carbonyl (C=O) groups is 1. The maximum absolute atomic E-state index is 13.8. The van der Waals surface area contributed by atoms with Crippen LogP contribution in [0.15, 0.2) is 70.6 Å². The van der Waals surface area contributed by atoms with Crippen molar-refractivity contribution < 1.29 is 9.18 Å². The summed E-state index contributed by atoms with van der Waals surface area (Å²) < 4.78 is 15.3. The molecule has 0 aliphatic heterocycles. The number of hydrogen-bond donors (Lipinski definition) is 1. The van der Waals surface area contributed by atoms with E-state index >= 15 is 0 Å². The highest BCUT2D eigenvalue weighted by Crippen LogP contribution is 2.27. The van der Waals surface area contributed by atoms with Gasteiger partial charge in [-0.25, -0.2) is 9.37 Å². The fourth-order valence-electron chi connectivity index (χ4n) is 2.97. The minimum absolute atomic E-state index is 0.00880. The van der Waals surface area contributed by atoms with Gasteiger partial charge in [-0.2, -0.15) is 0 Å². The summed E-state index contributed by atoms with van der Waals surface area (Å²) >= 11 is 2.63. The number of thioether (sulfide) groups is 1. The number of amides is 1. The lowest BCUT2D eigenvalue weighted by Gasteiger charge is -2.12. The van der Waals surface area contributed by atoms with Crippen LogP contribution in [0.5, 0.6) is 0 Å². The number of nitrogens with one attached hydrogen (secondary N) is 1. The average molecular weight is 440 g/mol. The molecule has 0 bridgehead atoms. The van der Waals surface area contributed by atoms with Crippen molar-refractivity contribution in [3.8, 4) is 5.69 Å². The van der Waals surface area contributed by atoms with Crippen LogP contribution in [0, 0.1) is 5.82 Å². The number of carbonyl (C=O) groups excluding carboxylic acids is 1. The second-order valence-electron chi connectivity index (χ2n) is 6.47. The molecule has 0 aliphatic rings. The van der Waals surface area contributed by atoms with E-state index in [4.69, 9.17) is 0 Å². The third kappa shape index (κ3) is 4.15. The zero-order chi connectivity index (χ0) is 21.1. The molecule has 30 heavy (non-hydrogen) atoms. The molecule has 0 radical (unpaired) electrons. The Morgan fingerprint density at radius 2 is 1.90 bits per heavy atom. The van der Waals surface area contributed by atoms with E-state index in [0.717, 1.165) is 23.1 Å². The van der Waals surface area contributed by atoms with Gasteiger partial charge < -0.3 is 5.32 Å². The Bertz CT molecular complexity index is 1270. The first-order valence-electron chi connectivity index (χ1n) is 9.35. The number of aryl methyl sites for hydroxylation is 1. The predicted octanol–water partition coefficient (Wildman–Crippen LogP) is 4.88. The zero-order valence-electron chi connectivity index (χ0n) is 16.1. The number of hydrogen-bond acceptors (Lipinski definition) is 5. The van der Waals surface area contributed by atoms with Gasteiger partial charge in [-0.1, -0.05) is 49.0 Å². The normalized spacial score (nSPS) is 11.0. The first-order valence-corrected chi connectivity index (χ1v) is 11.1. The Kier molecular flexibility index (Phi) is 5.96. The lowest BCUT2D eigenvalue weighted by atomic mass is 10.3. The lowest BCUT2D eigenvalue weighted by molar-refractivity contribution is -0.113. The van der Waals surface area contributed by atoms with Gasteiger partial charge in [-0.05, 0) is 36.8 Å². The number of fused-ring (bicyclic) bond motifs is 1. The van der Waals surface area contributed by atoms with Crippen molar-refractivity contribution in [1.29, 1.82) is 0 Å². The molecule has 0 atom stereocenters. The van der Waals surface area contributed by atoms with E-state index in [0.29, 0.717) is 21.1 Å². The van der Waals surface area contributed by atoms with E-state index in [9.17, 15) is 14.0 Å². The molecule has 2 heterocycles. The standard InChI is InChI=1S/C22H18FN3O2S2/c1-2-15-12-16-20(30-15)25-22(26(21(16)28)14-8-4-3-5-9-14)29-13-19(27)24-18-11-7-6-10-17(18)23/h3-12H,2,13H2,1H3,(H,24,27). The fourth-order valence-corrected chi connectivity index (χ4v) is 4.79. The van der Waals surface area contributed by atoms with E-state index in [1.54, 1.807) is 12.1 Å². The summed E-state index contributed by atoms with van der Waals surface area (Å²) in [6.07, 6.45) is 0.819. The quantitative estimate of drug-likeness (QED) is 0.344. The highest BCUT2D eigenvalue weighted by atomic mass is 32.2. The topological polar surface area (TPSA) is 64.0 Å². The molecular weight excluding hydrogens is 421 g/mol. The second-order valence-corrected chi connectivity index (χ2v) is 8.53. The van der Waals surface area contributed by atoms with Crippen LogP contribution in [0.25, 0.3) is 15.9 Å². The highest BCUT2D eigenvalue weighted by Gasteiger charge is 2.17. The SMILES string of the molecule is CCc1cc2c(=O)n(-c3ccccc3)c(SCC(=O)Nc3ccccc3F)nc2s1. The van der Waals surface area contributed by atoms with Crippen LogP contribution in [0.1, 0.15) is 11.8 Å². The van der Waals surface area contributed by atoms with Gasteiger partial charge in [0.15, 0.2) is 5.16 Å². The van der Waals surface area contributed by atoms with Crippen LogP contribution in [0.3, 0.4) is 0 Å². The van der Waals surface area contributed by atoms with Crippen LogP contribution in [0.2, 0.25) is 0 Å². The first-order chi connectivity index (χ1) is 14.6. The van der Waals surface area contributed by atoms with E-state index in [-0.39, 0.29) is 22.9 Å². The summed E-state index contributed by atoms with van der Waals surface area (Å²) in [5.74, 6) is -0.882. The number of benzene rings is 2. The second kappa shape index (κ2) is 8.81. The molecule has 1 N–H and O–H groups in total. The molecule has 5 nitrogen and oxygen atoms in total. The summed E-state index contributed by atoms with van der Waals surface area (Å²) in [4.78, 5) is 32.0. The summed E-state index contributed by atoms with van der Waals surface area (Å²) in [5, 5.41) is 3.55. The van der Waals surface area contributed by atoms with Gasteiger partial charge in [0.1, 0.15) is 10.6 Å². The molecule has 0 aliphatic carbocycles. The Morgan fingerprint density at radius 3 is 2.63 bits per heavy atom. The van der Waals surface area contributed by atoms with Crippen LogP contribution < -0.4 is 10.9 Å².